The number of nitrogens with zero attached hydrogens (tertiary/aromatic N) is 1. The minimum atomic E-state index is -0.703. The lowest BCUT2D eigenvalue weighted by Gasteiger charge is -2.22. The SMILES string of the molecule is [CH]1[CH][CH][C]([C@@H]2COC(c3ccccc3P(c3ccccc3)c3ccccc3)=N2)[CH]1. The molecule has 0 saturated heterocycles. The number of hydrogen-bond acceptors (Lipinski definition) is 2. The molecule has 2 aliphatic rings. The van der Waals surface area contributed by atoms with E-state index in [0.29, 0.717) is 6.61 Å². The van der Waals surface area contributed by atoms with Gasteiger partial charge in [-0.2, -0.15) is 0 Å². The van der Waals surface area contributed by atoms with Crippen LogP contribution in [0.15, 0.2) is 89.9 Å². The zero-order valence-electron chi connectivity index (χ0n) is 16.0. The second-order valence-corrected chi connectivity index (χ2v) is 9.19. The van der Waals surface area contributed by atoms with E-state index in [0.717, 1.165) is 11.5 Å². The third kappa shape index (κ3) is 3.87. The summed E-state index contributed by atoms with van der Waals surface area (Å²) >= 11 is 0. The second-order valence-electron chi connectivity index (χ2n) is 7.00. The predicted octanol–water partition coefficient (Wildman–Crippen LogP) is 4.00. The Morgan fingerprint density at radius 2 is 1.31 bits per heavy atom. The molecule has 1 aliphatic heterocycles. The molecule has 1 fully saturated rings. The maximum Gasteiger partial charge on any atom is 0.217 e. The summed E-state index contributed by atoms with van der Waals surface area (Å²) < 4.78 is 6.10. The minimum Gasteiger partial charge on any atom is -0.475 e. The normalized spacial score (nSPS) is 19.3. The van der Waals surface area contributed by atoms with Gasteiger partial charge >= 0.3 is 0 Å². The number of aliphatic imine (C=N–C) groups is 1. The molecule has 0 aromatic heterocycles. The van der Waals surface area contributed by atoms with Crippen molar-refractivity contribution >= 4 is 29.7 Å². The van der Waals surface area contributed by atoms with E-state index >= 15 is 0 Å². The van der Waals surface area contributed by atoms with Crippen molar-refractivity contribution in [3.05, 3.63) is 122 Å². The molecule has 141 valence electrons. The standard InChI is InChI=1S/C26H21NOP/c1-3-13-21(14-4-1)29(22-15-5-2-6-16-22)25-18-10-9-17-23(25)26-27-24(19-28-26)20-11-7-8-12-20/h1-18,24H,19H2/t24-/m0/s1. The summed E-state index contributed by atoms with van der Waals surface area (Å²) in [5, 5.41) is 3.93. The average molecular weight is 394 g/mol. The highest BCUT2D eigenvalue weighted by molar-refractivity contribution is 7.80. The summed E-state index contributed by atoms with van der Waals surface area (Å²) in [7, 11) is -0.703. The molecule has 1 aliphatic carbocycles. The lowest BCUT2D eigenvalue weighted by atomic mass is 10.00. The highest BCUT2D eigenvalue weighted by atomic mass is 31.1. The molecule has 2 nitrogen and oxygen atoms in total. The first-order valence-corrected chi connectivity index (χ1v) is 11.2. The van der Waals surface area contributed by atoms with Gasteiger partial charge < -0.3 is 4.74 Å². The monoisotopic (exact) mass is 394 g/mol. The fraction of sp³-hybridized carbons (Fsp3) is 0.0769. The van der Waals surface area contributed by atoms with Gasteiger partial charge in [0.2, 0.25) is 5.90 Å². The lowest BCUT2D eigenvalue weighted by Crippen LogP contribution is -2.25. The highest BCUT2D eigenvalue weighted by Gasteiger charge is 2.32. The summed E-state index contributed by atoms with van der Waals surface area (Å²) in [5.41, 5.74) is 1.10. The van der Waals surface area contributed by atoms with E-state index in [1.165, 1.54) is 21.8 Å². The van der Waals surface area contributed by atoms with E-state index in [1.807, 2.05) is 0 Å². The van der Waals surface area contributed by atoms with Crippen LogP contribution in [0.25, 0.3) is 0 Å². The fourth-order valence-electron chi connectivity index (χ4n) is 3.73. The largest absolute Gasteiger partial charge is 0.475 e. The summed E-state index contributed by atoms with van der Waals surface area (Å²) in [6.45, 7) is 0.599. The highest BCUT2D eigenvalue weighted by Crippen LogP contribution is 2.36. The number of benzene rings is 3. The molecule has 1 atom stereocenters. The molecule has 1 saturated carbocycles. The van der Waals surface area contributed by atoms with E-state index in [-0.39, 0.29) is 6.04 Å². The van der Waals surface area contributed by atoms with Crippen LogP contribution in [-0.4, -0.2) is 18.5 Å². The van der Waals surface area contributed by atoms with Crippen LogP contribution in [0.1, 0.15) is 5.56 Å². The van der Waals surface area contributed by atoms with Crippen LogP contribution in [0.4, 0.5) is 0 Å². The molecule has 0 spiro atoms. The molecule has 5 rings (SSSR count). The van der Waals surface area contributed by atoms with Crippen LogP contribution in [0.2, 0.25) is 0 Å². The molecule has 3 heteroatoms. The Morgan fingerprint density at radius 3 is 1.97 bits per heavy atom. The zero-order chi connectivity index (χ0) is 19.5. The van der Waals surface area contributed by atoms with Gasteiger partial charge in [-0.1, -0.05) is 78.9 Å². The molecule has 29 heavy (non-hydrogen) atoms. The molecule has 0 unspecified atom stereocenters. The van der Waals surface area contributed by atoms with E-state index in [4.69, 9.17) is 9.73 Å². The van der Waals surface area contributed by atoms with Crippen molar-refractivity contribution in [3.63, 3.8) is 0 Å². The third-order valence-corrected chi connectivity index (χ3v) is 7.63. The van der Waals surface area contributed by atoms with Crippen molar-refractivity contribution in [2.45, 2.75) is 6.04 Å². The first-order valence-electron chi connectivity index (χ1n) is 9.82. The second kappa shape index (κ2) is 8.51. The lowest BCUT2D eigenvalue weighted by molar-refractivity contribution is 0.324. The maximum atomic E-state index is 6.10. The summed E-state index contributed by atoms with van der Waals surface area (Å²) in [6, 6.07) is 30.1. The van der Waals surface area contributed by atoms with E-state index < -0.39 is 7.92 Å². The Kier molecular flexibility index (Phi) is 5.45. The molecule has 3 aromatic carbocycles. The predicted molar refractivity (Wildman–Crippen MR) is 122 cm³/mol. The van der Waals surface area contributed by atoms with Crippen molar-refractivity contribution in [2.75, 3.05) is 6.61 Å². The van der Waals surface area contributed by atoms with Crippen molar-refractivity contribution < 1.29 is 4.74 Å². The minimum absolute atomic E-state index is 0.0766. The van der Waals surface area contributed by atoms with Crippen molar-refractivity contribution in [1.82, 2.24) is 0 Å². The van der Waals surface area contributed by atoms with E-state index in [9.17, 15) is 0 Å². The molecule has 5 radical (unpaired) electrons. The van der Waals surface area contributed by atoms with Crippen molar-refractivity contribution in [3.8, 4) is 0 Å². The van der Waals surface area contributed by atoms with Gasteiger partial charge in [-0.25, -0.2) is 4.99 Å². The fourth-order valence-corrected chi connectivity index (χ4v) is 6.18. The number of hydrogen-bond donors (Lipinski definition) is 0. The van der Waals surface area contributed by atoms with Crippen LogP contribution in [0.3, 0.4) is 0 Å². The van der Waals surface area contributed by atoms with Gasteiger partial charge in [-0.15, -0.1) is 0 Å². The quantitative estimate of drug-likeness (QED) is 0.600. The van der Waals surface area contributed by atoms with Gasteiger partial charge in [-0.05, 0) is 55.6 Å². The molecular formula is C26H21NOP. The molecule has 1 heterocycles. The number of rotatable bonds is 5. The van der Waals surface area contributed by atoms with Gasteiger partial charge in [0.1, 0.15) is 6.61 Å². The van der Waals surface area contributed by atoms with Gasteiger partial charge in [0.15, 0.2) is 0 Å². The third-order valence-electron chi connectivity index (χ3n) is 5.13. The Morgan fingerprint density at radius 1 is 0.724 bits per heavy atom. The Labute approximate surface area is 174 Å². The Bertz CT molecular complexity index is 940. The zero-order valence-corrected chi connectivity index (χ0v) is 16.9. The van der Waals surface area contributed by atoms with Crippen molar-refractivity contribution in [2.24, 2.45) is 4.99 Å². The smallest absolute Gasteiger partial charge is 0.217 e. The Hall–Kier alpha value is -2.44. The van der Waals surface area contributed by atoms with Crippen LogP contribution in [0, 0.1) is 31.6 Å². The summed E-state index contributed by atoms with van der Waals surface area (Å²) in [4.78, 5) is 4.94. The van der Waals surface area contributed by atoms with Gasteiger partial charge in [0, 0.05) is 11.5 Å². The molecule has 0 bridgehead atoms. The molecule has 0 amide bonds. The topological polar surface area (TPSA) is 21.6 Å². The van der Waals surface area contributed by atoms with Crippen LogP contribution < -0.4 is 15.9 Å². The van der Waals surface area contributed by atoms with Crippen LogP contribution in [0.5, 0.6) is 0 Å². The Balaban J connectivity index is 1.57. The van der Waals surface area contributed by atoms with Gasteiger partial charge in [0.05, 0.1) is 6.04 Å². The molecule has 3 aromatic rings. The first-order chi connectivity index (χ1) is 14.4. The van der Waals surface area contributed by atoms with Gasteiger partial charge in [-0.3, -0.25) is 0 Å². The van der Waals surface area contributed by atoms with Crippen LogP contribution in [-0.2, 0) is 4.74 Å². The molecule has 0 N–H and O–H groups in total. The first kappa shape index (κ1) is 18.6. The molecular weight excluding hydrogens is 373 g/mol. The van der Waals surface area contributed by atoms with Crippen molar-refractivity contribution in [1.29, 1.82) is 0 Å². The average Bonchev–Trinajstić information content (AvgIpc) is 3.48. The summed E-state index contributed by atoms with van der Waals surface area (Å²) in [6.07, 6.45) is 8.35. The van der Waals surface area contributed by atoms with E-state index in [1.54, 1.807) is 0 Å². The van der Waals surface area contributed by atoms with E-state index in [2.05, 4.69) is 111 Å². The summed E-state index contributed by atoms with van der Waals surface area (Å²) in [5.74, 6) is 1.97. The number of ether oxygens (including phenoxy) is 1. The van der Waals surface area contributed by atoms with Gasteiger partial charge in [0.25, 0.3) is 0 Å². The van der Waals surface area contributed by atoms with Crippen LogP contribution >= 0.6 is 7.92 Å². The maximum absolute atomic E-state index is 6.10.